The van der Waals surface area contributed by atoms with E-state index in [-0.39, 0.29) is 5.03 Å². The molecule has 4 heteroatoms. The van der Waals surface area contributed by atoms with E-state index in [9.17, 15) is 5.21 Å². The molecule has 54 valence electrons. The third-order valence-corrected chi connectivity index (χ3v) is 1.54. The van der Waals surface area contributed by atoms with Crippen molar-refractivity contribution in [2.24, 2.45) is 0 Å². The van der Waals surface area contributed by atoms with Crippen molar-refractivity contribution in [3.63, 3.8) is 0 Å². The van der Waals surface area contributed by atoms with Crippen LogP contribution in [0.5, 0.6) is 5.75 Å². The fraction of sp³-hybridized carbons (Fsp3) is 0.167. The Bertz CT molecular complexity index is 239. The molecule has 0 saturated carbocycles. The van der Waals surface area contributed by atoms with Crippen LogP contribution in [0.25, 0.3) is 0 Å². The summed E-state index contributed by atoms with van der Waals surface area (Å²) < 4.78 is 5.47. The van der Waals surface area contributed by atoms with Crippen LogP contribution < -0.4 is 9.47 Å². The zero-order valence-electron chi connectivity index (χ0n) is 5.44. The van der Waals surface area contributed by atoms with Crippen molar-refractivity contribution in [1.82, 2.24) is 0 Å². The lowest BCUT2D eigenvalue weighted by Gasteiger charge is -2.02. The van der Waals surface area contributed by atoms with Gasteiger partial charge in [0.05, 0.1) is 7.11 Å². The first-order chi connectivity index (χ1) is 4.75. The number of hydrogen-bond donors (Lipinski definition) is 1. The molecule has 3 nitrogen and oxygen atoms in total. The number of pyridine rings is 1. The maximum atomic E-state index is 10.8. The predicted octanol–water partition coefficient (Wildman–Crippen LogP) is 0.617. The summed E-state index contributed by atoms with van der Waals surface area (Å²) in [5.74, 6) is 0.487. The highest BCUT2D eigenvalue weighted by Crippen LogP contribution is 2.15. The molecule has 0 fully saturated rings. The minimum atomic E-state index is 0.282. The van der Waals surface area contributed by atoms with Gasteiger partial charge in [-0.15, -0.1) is 0 Å². The molecule has 0 atom stereocenters. The normalized spacial score (nSPS) is 9.40. The molecule has 0 amide bonds. The summed E-state index contributed by atoms with van der Waals surface area (Å²) in [4.78, 5) is 0. The van der Waals surface area contributed by atoms with E-state index in [1.807, 2.05) is 0 Å². The van der Waals surface area contributed by atoms with E-state index in [1.54, 1.807) is 12.1 Å². The van der Waals surface area contributed by atoms with Gasteiger partial charge in [0.2, 0.25) is 0 Å². The molecular weight excluding hydrogens is 150 g/mol. The van der Waals surface area contributed by atoms with Crippen LogP contribution in [-0.4, -0.2) is 7.11 Å². The first kappa shape index (κ1) is 7.21. The SMILES string of the molecule is COc1ccc[n+]([O-])c1S. The minimum Gasteiger partial charge on any atom is -0.618 e. The van der Waals surface area contributed by atoms with Crippen molar-refractivity contribution in [2.45, 2.75) is 5.03 Å². The standard InChI is InChI=1S/C6H7NO2S/c1-9-5-3-2-4-7(8)6(5)10/h2-4,10H,1H3. The summed E-state index contributed by atoms with van der Waals surface area (Å²) in [6.45, 7) is 0. The lowest BCUT2D eigenvalue weighted by molar-refractivity contribution is -0.645. The van der Waals surface area contributed by atoms with Crippen molar-refractivity contribution in [2.75, 3.05) is 7.11 Å². The van der Waals surface area contributed by atoms with Gasteiger partial charge in [0.25, 0.3) is 5.03 Å². The molecule has 0 aromatic carbocycles. The van der Waals surface area contributed by atoms with Crippen LogP contribution in [0.3, 0.4) is 0 Å². The Morgan fingerprint density at radius 1 is 1.70 bits per heavy atom. The fourth-order valence-electron chi connectivity index (χ4n) is 0.622. The van der Waals surface area contributed by atoms with E-state index >= 15 is 0 Å². The molecule has 0 aliphatic heterocycles. The second-order valence-electron chi connectivity index (χ2n) is 1.73. The molecule has 0 unspecified atom stereocenters. The van der Waals surface area contributed by atoms with Crippen LogP contribution in [-0.2, 0) is 0 Å². The maximum Gasteiger partial charge on any atom is 0.290 e. The second-order valence-corrected chi connectivity index (χ2v) is 2.15. The highest BCUT2D eigenvalue weighted by atomic mass is 32.1. The van der Waals surface area contributed by atoms with E-state index in [2.05, 4.69) is 12.6 Å². The fourth-order valence-corrected chi connectivity index (χ4v) is 0.854. The molecule has 0 bridgehead atoms. The van der Waals surface area contributed by atoms with E-state index in [4.69, 9.17) is 4.74 Å². The minimum absolute atomic E-state index is 0.282. The summed E-state index contributed by atoms with van der Waals surface area (Å²) in [6.07, 6.45) is 1.37. The number of thiol groups is 1. The number of methoxy groups -OCH3 is 1. The molecule has 1 heterocycles. The van der Waals surface area contributed by atoms with Gasteiger partial charge in [0, 0.05) is 6.07 Å². The Labute approximate surface area is 64.2 Å². The molecular formula is C6H7NO2S. The van der Waals surface area contributed by atoms with Crippen molar-refractivity contribution in [3.8, 4) is 5.75 Å². The predicted molar refractivity (Wildman–Crippen MR) is 39.2 cm³/mol. The maximum absolute atomic E-state index is 10.8. The van der Waals surface area contributed by atoms with Gasteiger partial charge in [-0.1, -0.05) is 12.6 Å². The van der Waals surface area contributed by atoms with Crippen LogP contribution in [0.15, 0.2) is 23.4 Å². The summed E-state index contributed by atoms with van der Waals surface area (Å²) in [7, 11) is 1.50. The molecule has 1 aromatic heterocycles. The Kier molecular flexibility index (Phi) is 2.01. The van der Waals surface area contributed by atoms with E-state index in [0.29, 0.717) is 10.5 Å². The molecule has 0 saturated heterocycles. The van der Waals surface area contributed by atoms with Gasteiger partial charge in [-0.2, -0.15) is 4.73 Å². The van der Waals surface area contributed by atoms with Gasteiger partial charge in [0.1, 0.15) is 0 Å². The van der Waals surface area contributed by atoms with Crippen molar-refractivity contribution in [1.29, 1.82) is 0 Å². The number of rotatable bonds is 1. The second kappa shape index (κ2) is 2.79. The monoisotopic (exact) mass is 157 g/mol. The Morgan fingerprint density at radius 2 is 2.40 bits per heavy atom. The van der Waals surface area contributed by atoms with Gasteiger partial charge < -0.3 is 9.94 Å². The Morgan fingerprint density at radius 3 is 2.90 bits per heavy atom. The summed E-state index contributed by atoms with van der Waals surface area (Å²) in [5.41, 5.74) is 0. The molecule has 1 rings (SSSR count). The topological polar surface area (TPSA) is 36.2 Å². The third-order valence-electron chi connectivity index (χ3n) is 1.12. The van der Waals surface area contributed by atoms with Crippen molar-refractivity contribution in [3.05, 3.63) is 23.5 Å². The number of hydrogen-bond acceptors (Lipinski definition) is 3. The van der Waals surface area contributed by atoms with Crippen LogP contribution in [0.4, 0.5) is 0 Å². The van der Waals surface area contributed by atoms with E-state index < -0.39 is 0 Å². The van der Waals surface area contributed by atoms with E-state index in [0.717, 1.165) is 0 Å². The molecule has 0 spiro atoms. The van der Waals surface area contributed by atoms with Crippen molar-refractivity contribution >= 4 is 12.6 Å². The van der Waals surface area contributed by atoms with Crippen LogP contribution >= 0.6 is 12.6 Å². The van der Waals surface area contributed by atoms with Gasteiger partial charge in [-0.05, 0) is 6.07 Å². The van der Waals surface area contributed by atoms with Crippen LogP contribution in [0.1, 0.15) is 0 Å². The van der Waals surface area contributed by atoms with Gasteiger partial charge in [0.15, 0.2) is 11.9 Å². The summed E-state index contributed by atoms with van der Waals surface area (Å²) >= 11 is 3.92. The number of ether oxygens (including phenoxy) is 1. The lowest BCUT2D eigenvalue weighted by atomic mass is 10.5. The zero-order valence-corrected chi connectivity index (χ0v) is 6.34. The molecule has 10 heavy (non-hydrogen) atoms. The Hall–Kier alpha value is -0.900. The lowest BCUT2D eigenvalue weighted by Crippen LogP contribution is -2.27. The Balaban J connectivity index is 3.14. The van der Waals surface area contributed by atoms with Crippen molar-refractivity contribution < 1.29 is 9.47 Å². The zero-order chi connectivity index (χ0) is 7.56. The van der Waals surface area contributed by atoms with Gasteiger partial charge in [-0.3, -0.25) is 0 Å². The van der Waals surface area contributed by atoms with Crippen LogP contribution in [0.2, 0.25) is 0 Å². The molecule has 1 aromatic rings. The first-order valence-corrected chi connectivity index (χ1v) is 3.15. The summed E-state index contributed by atoms with van der Waals surface area (Å²) in [5, 5.41) is 11.0. The van der Waals surface area contributed by atoms with Gasteiger partial charge in [-0.25, -0.2) is 0 Å². The number of aromatic nitrogens is 1. The summed E-state index contributed by atoms with van der Waals surface area (Å²) in [6, 6.07) is 3.28. The highest BCUT2D eigenvalue weighted by molar-refractivity contribution is 7.80. The first-order valence-electron chi connectivity index (χ1n) is 2.71. The van der Waals surface area contributed by atoms with Gasteiger partial charge >= 0.3 is 0 Å². The highest BCUT2D eigenvalue weighted by Gasteiger charge is 2.05. The molecule has 0 aliphatic rings. The average molecular weight is 157 g/mol. The largest absolute Gasteiger partial charge is 0.618 e. The molecule has 0 N–H and O–H groups in total. The third kappa shape index (κ3) is 1.16. The molecule has 0 radical (unpaired) electrons. The molecule has 0 aliphatic carbocycles. The smallest absolute Gasteiger partial charge is 0.290 e. The quantitative estimate of drug-likeness (QED) is 0.368. The number of nitrogens with zero attached hydrogens (tertiary/aromatic N) is 1. The van der Waals surface area contributed by atoms with E-state index in [1.165, 1.54) is 13.3 Å². The van der Waals surface area contributed by atoms with Crippen LogP contribution in [0, 0.1) is 5.21 Å². The average Bonchev–Trinajstić information content (AvgIpc) is 1.95.